The number of rotatable bonds is 9. The fourth-order valence-electron chi connectivity index (χ4n) is 1.91. The molecule has 0 aliphatic carbocycles. The zero-order valence-corrected chi connectivity index (χ0v) is 14.0. The van der Waals surface area contributed by atoms with Crippen LogP contribution in [-0.4, -0.2) is 38.9 Å². The van der Waals surface area contributed by atoms with E-state index in [1.807, 2.05) is 13.0 Å². The van der Waals surface area contributed by atoms with E-state index in [0.29, 0.717) is 19.6 Å². The molecule has 128 valence electrons. The summed E-state index contributed by atoms with van der Waals surface area (Å²) in [5, 5.41) is 2.99. The van der Waals surface area contributed by atoms with Gasteiger partial charge in [0.2, 0.25) is 0 Å². The number of hydrogen-bond donors (Lipinski definition) is 3. The number of ether oxygens (including phenoxy) is 1. The molecule has 0 aromatic rings. The Labute approximate surface area is 134 Å². The Bertz CT molecular complexity index is 399. The van der Waals surface area contributed by atoms with Gasteiger partial charge in [-0.15, -0.1) is 0 Å². The highest BCUT2D eigenvalue weighted by Crippen LogP contribution is 2.18. The van der Waals surface area contributed by atoms with Gasteiger partial charge in [0.15, 0.2) is 22.1 Å². The molecule has 1 aliphatic rings. The highest BCUT2D eigenvalue weighted by molar-refractivity contribution is 7.81. The summed E-state index contributed by atoms with van der Waals surface area (Å²) in [7, 11) is 0. The van der Waals surface area contributed by atoms with Gasteiger partial charge < -0.3 is 14.6 Å². The maximum atomic E-state index is 12.2. The van der Waals surface area contributed by atoms with Crippen molar-refractivity contribution in [1.82, 2.24) is 10.8 Å². The van der Waals surface area contributed by atoms with Crippen LogP contribution in [0, 0.1) is 0 Å². The number of carbonyl (C=O) groups excluding carboxylic acids is 1. The Morgan fingerprint density at radius 3 is 2.91 bits per heavy atom. The Kier molecular flexibility index (Phi) is 8.62. The lowest BCUT2D eigenvalue weighted by Gasteiger charge is -2.27. The minimum atomic E-state index is -2.31. The molecule has 0 radical (unpaired) electrons. The van der Waals surface area contributed by atoms with Gasteiger partial charge in [0.1, 0.15) is 0 Å². The van der Waals surface area contributed by atoms with E-state index in [0.717, 1.165) is 19.3 Å². The van der Waals surface area contributed by atoms with Gasteiger partial charge in [-0.3, -0.25) is 4.79 Å². The standard InChI is InChI=1S/C14H26N2O5S/c1-3-4-9-15-10-8-14(2,22(18)19)13(17)16-21-12-7-5-6-11-20-12/h4,9,12,15H,3,5-8,10-11H2,1-2H3,(H,16,17)(H,18,19)/b9-4-. The van der Waals surface area contributed by atoms with Gasteiger partial charge in [-0.05, 0) is 38.8 Å². The topological polar surface area (TPSA) is 96.9 Å². The summed E-state index contributed by atoms with van der Waals surface area (Å²) in [6.45, 7) is 4.45. The molecule has 3 N–H and O–H groups in total. The van der Waals surface area contributed by atoms with Crippen molar-refractivity contribution in [2.45, 2.75) is 57.0 Å². The molecule has 1 saturated heterocycles. The maximum absolute atomic E-state index is 12.2. The van der Waals surface area contributed by atoms with Crippen LogP contribution in [0.5, 0.6) is 0 Å². The molecule has 0 saturated carbocycles. The Hall–Kier alpha value is -0.960. The van der Waals surface area contributed by atoms with Crippen molar-refractivity contribution in [2.24, 2.45) is 0 Å². The number of allylic oxidation sites excluding steroid dienone is 1. The van der Waals surface area contributed by atoms with Crippen LogP contribution in [0.3, 0.4) is 0 Å². The van der Waals surface area contributed by atoms with Crippen LogP contribution in [0.15, 0.2) is 12.3 Å². The molecule has 0 spiro atoms. The molecule has 1 amide bonds. The minimum Gasteiger partial charge on any atom is -0.391 e. The van der Waals surface area contributed by atoms with Crippen molar-refractivity contribution in [2.75, 3.05) is 13.2 Å². The summed E-state index contributed by atoms with van der Waals surface area (Å²) in [5.41, 5.74) is 2.26. The predicted molar refractivity (Wildman–Crippen MR) is 84.0 cm³/mol. The monoisotopic (exact) mass is 334 g/mol. The molecular formula is C14H26N2O5S. The van der Waals surface area contributed by atoms with Crippen LogP contribution in [-0.2, 0) is 25.4 Å². The van der Waals surface area contributed by atoms with E-state index in [9.17, 15) is 13.6 Å². The molecule has 8 heteroatoms. The van der Waals surface area contributed by atoms with Crippen molar-refractivity contribution < 1.29 is 23.1 Å². The van der Waals surface area contributed by atoms with Gasteiger partial charge in [0.05, 0.1) is 0 Å². The summed E-state index contributed by atoms with van der Waals surface area (Å²) >= 11 is -2.31. The van der Waals surface area contributed by atoms with Crippen LogP contribution in [0.25, 0.3) is 0 Å². The largest absolute Gasteiger partial charge is 0.391 e. The Morgan fingerprint density at radius 1 is 1.55 bits per heavy atom. The van der Waals surface area contributed by atoms with Gasteiger partial charge >= 0.3 is 0 Å². The third-order valence-electron chi connectivity index (χ3n) is 3.50. The second-order valence-corrected chi connectivity index (χ2v) is 6.74. The molecule has 0 aromatic heterocycles. The molecule has 3 atom stereocenters. The summed E-state index contributed by atoms with van der Waals surface area (Å²) in [6, 6.07) is 0. The predicted octanol–water partition coefficient (Wildman–Crippen LogP) is 1.44. The van der Waals surface area contributed by atoms with Crippen LogP contribution in [0.2, 0.25) is 0 Å². The van der Waals surface area contributed by atoms with Gasteiger partial charge in [-0.1, -0.05) is 13.0 Å². The first-order valence-corrected chi connectivity index (χ1v) is 8.68. The average molecular weight is 334 g/mol. The van der Waals surface area contributed by atoms with E-state index in [-0.39, 0.29) is 6.42 Å². The molecule has 3 unspecified atom stereocenters. The van der Waals surface area contributed by atoms with Gasteiger partial charge in [0.25, 0.3) is 5.91 Å². The third kappa shape index (κ3) is 6.04. The van der Waals surface area contributed by atoms with Crippen molar-refractivity contribution >= 4 is 17.0 Å². The van der Waals surface area contributed by atoms with Crippen molar-refractivity contribution in [3.63, 3.8) is 0 Å². The quantitative estimate of drug-likeness (QED) is 0.335. The first-order valence-electron chi connectivity index (χ1n) is 7.57. The van der Waals surface area contributed by atoms with E-state index in [4.69, 9.17) is 9.57 Å². The summed E-state index contributed by atoms with van der Waals surface area (Å²) in [6.07, 6.45) is 6.95. The molecule has 1 fully saturated rings. The smallest absolute Gasteiger partial charge is 0.264 e. The SMILES string of the molecule is CC/C=C\NCCC(C)(C(=O)NOC1CCCCO1)S(=O)O. The van der Waals surface area contributed by atoms with Gasteiger partial charge in [0, 0.05) is 19.6 Å². The second kappa shape index (κ2) is 9.94. The lowest BCUT2D eigenvalue weighted by Crippen LogP contribution is -2.50. The number of amides is 1. The first-order chi connectivity index (χ1) is 10.5. The number of nitrogens with one attached hydrogen (secondary N) is 2. The molecule has 22 heavy (non-hydrogen) atoms. The normalized spacial score (nSPS) is 23.0. The first kappa shape index (κ1) is 19.1. The highest BCUT2D eigenvalue weighted by atomic mass is 32.2. The van der Waals surface area contributed by atoms with Crippen LogP contribution in [0.1, 0.15) is 46.0 Å². The van der Waals surface area contributed by atoms with E-state index in [2.05, 4.69) is 10.8 Å². The second-order valence-electron chi connectivity index (χ2n) is 5.34. The Morgan fingerprint density at radius 2 is 2.32 bits per heavy atom. The Balaban J connectivity index is 2.46. The van der Waals surface area contributed by atoms with Crippen molar-refractivity contribution in [1.29, 1.82) is 0 Å². The fourth-order valence-corrected chi connectivity index (χ4v) is 2.38. The van der Waals surface area contributed by atoms with Crippen LogP contribution in [0.4, 0.5) is 0 Å². The molecule has 0 aromatic carbocycles. The lowest BCUT2D eigenvalue weighted by molar-refractivity contribution is -0.201. The molecule has 1 rings (SSSR count). The third-order valence-corrected chi connectivity index (χ3v) is 4.66. The van der Waals surface area contributed by atoms with Crippen molar-refractivity contribution in [3.8, 4) is 0 Å². The molecule has 1 aliphatic heterocycles. The summed E-state index contributed by atoms with van der Waals surface area (Å²) in [5.74, 6) is -0.622. The molecule has 1 heterocycles. The average Bonchev–Trinajstić information content (AvgIpc) is 2.52. The number of hydrogen-bond acceptors (Lipinski definition) is 5. The van der Waals surface area contributed by atoms with Crippen LogP contribution >= 0.6 is 0 Å². The maximum Gasteiger partial charge on any atom is 0.264 e. The fraction of sp³-hybridized carbons (Fsp3) is 0.786. The zero-order chi connectivity index (χ0) is 16.4. The van der Waals surface area contributed by atoms with Crippen LogP contribution < -0.4 is 10.8 Å². The minimum absolute atomic E-state index is 0.199. The van der Waals surface area contributed by atoms with E-state index in [1.54, 1.807) is 6.20 Å². The van der Waals surface area contributed by atoms with E-state index < -0.39 is 28.0 Å². The zero-order valence-electron chi connectivity index (χ0n) is 13.2. The van der Waals surface area contributed by atoms with E-state index >= 15 is 0 Å². The lowest BCUT2D eigenvalue weighted by atomic mass is 10.1. The van der Waals surface area contributed by atoms with Gasteiger partial charge in [-0.25, -0.2) is 14.5 Å². The highest BCUT2D eigenvalue weighted by Gasteiger charge is 2.40. The molecule has 7 nitrogen and oxygen atoms in total. The van der Waals surface area contributed by atoms with E-state index in [1.165, 1.54) is 6.92 Å². The number of hydroxylamine groups is 1. The van der Waals surface area contributed by atoms with Gasteiger partial charge in [-0.2, -0.15) is 0 Å². The molecule has 0 bridgehead atoms. The molecular weight excluding hydrogens is 308 g/mol. The summed E-state index contributed by atoms with van der Waals surface area (Å²) < 4.78 is 24.9. The number of carbonyl (C=O) groups is 1. The summed E-state index contributed by atoms with van der Waals surface area (Å²) in [4.78, 5) is 17.4. The van der Waals surface area contributed by atoms with Crippen molar-refractivity contribution in [3.05, 3.63) is 12.3 Å².